The van der Waals surface area contributed by atoms with Crippen LogP contribution in [0.15, 0.2) is 72.8 Å². The van der Waals surface area contributed by atoms with Crippen LogP contribution in [0.4, 0.5) is 10.1 Å². The van der Waals surface area contributed by atoms with Gasteiger partial charge in [0.15, 0.2) is 0 Å². The Morgan fingerprint density at radius 3 is 2.38 bits per heavy atom. The Hall–Kier alpha value is -2.81. The van der Waals surface area contributed by atoms with E-state index in [0.717, 1.165) is 25.2 Å². The normalized spacial score (nSPS) is 13.5. The van der Waals surface area contributed by atoms with E-state index in [2.05, 4.69) is 29.2 Å². The maximum Gasteiger partial charge on any atom is 0.132 e. The van der Waals surface area contributed by atoms with Crippen LogP contribution in [0.5, 0.6) is 11.5 Å². The van der Waals surface area contributed by atoms with Crippen molar-refractivity contribution in [3.05, 3.63) is 89.7 Å². The quantitative estimate of drug-likeness (QED) is 0.659. The third kappa shape index (κ3) is 3.11. The molecular formula is C21H18FNO. The topological polar surface area (TPSA) is 12.5 Å². The van der Waals surface area contributed by atoms with Gasteiger partial charge in [0.1, 0.15) is 17.3 Å². The zero-order chi connectivity index (χ0) is 16.4. The predicted octanol–water partition coefficient (Wildman–Crippen LogP) is 5.18. The second-order valence-corrected chi connectivity index (χ2v) is 6.00. The Kier molecular flexibility index (Phi) is 3.91. The molecule has 1 heterocycles. The molecule has 0 spiro atoms. The molecule has 0 aromatic heterocycles. The van der Waals surface area contributed by atoms with Crippen LogP contribution < -0.4 is 9.64 Å². The highest BCUT2D eigenvalue weighted by Gasteiger charge is 2.17. The third-order valence-corrected chi connectivity index (χ3v) is 4.33. The number of rotatable bonds is 3. The van der Waals surface area contributed by atoms with Crippen molar-refractivity contribution in [1.29, 1.82) is 0 Å². The summed E-state index contributed by atoms with van der Waals surface area (Å²) in [6.45, 7) is 1.68. The van der Waals surface area contributed by atoms with Crippen LogP contribution in [0.25, 0.3) is 0 Å². The Bertz CT molecular complexity index is 847. The largest absolute Gasteiger partial charge is 0.457 e. The molecule has 0 saturated carbocycles. The molecule has 24 heavy (non-hydrogen) atoms. The van der Waals surface area contributed by atoms with E-state index in [1.807, 2.05) is 36.4 Å². The van der Waals surface area contributed by atoms with Crippen molar-refractivity contribution in [3.63, 3.8) is 0 Å². The minimum atomic E-state index is -0.280. The molecule has 0 radical (unpaired) electrons. The van der Waals surface area contributed by atoms with Crippen LogP contribution in [0.3, 0.4) is 0 Å². The highest BCUT2D eigenvalue weighted by atomic mass is 19.1. The van der Waals surface area contributed by atoms with Crippen molar-refractivity contribution >= 4 is 5.69 Å². The van der Waals surface area contributed by atoms with Gasteiger partial charge in [-0.1, -0.05) is 42.5 Å². The summed E-state index contributed by atoms with van der Waals surface area (Å²) < 4.78 is 19.9. The van der Waals surface area contributed by atoms with Gasteiger partial charge in [-0.15, -0.1) is 0 Å². The van der Waals surface area contributed by atoms with Crippen LogP contribution in [0, 0.1) is 5.82 Å². The molecule has 0 N–H and O–H groups in total. The number of benzene rings is 3. The molecule has 0 unspecified atom stereocenters. The number of anilines is 1. The summed E-state index contributed by atoms with van der Waals surface area (Å²) in [4.78, 5) is 2.20. The SMILES string of the molecule is Fc1cc(Oc2ccccc2)cc(N2CCc3ccccc3C2)c1. The van der Waals surface area contributed by atoms with Gasteiger partial charge in [-0.05, 0) is 35.7 Å². The zero-order valence-corrected chi connectivity index (χ0v) is 13.3. The number of hydrogen-bond donors (Lipinski definition) is 0. The molecule has 3 aromatic carbocycles. The molecule has 3 aromatic rings. The molecule has 0 fully saturated rings. The van der Waals surface area contributed by atoms with E-state index < -0.39 is 0 Å². The summed E-state index contributed by atoms with van der Waals surface area (Å²) in [7, 11) is 0. The van der Waals surface area contributed by atoms with Crippen molar-refractivity contribution in [1.82, 2.24) is 0 Å². The van der Waals surface area contributed by atoms with E-state index in [0.29, 0.717) is 11.5 Å². The van der Waals surface area contributed by atoms with Crippen molar-refractivity contribution in [2.75, 3.05) is 11.4 Å². The molecule has 0 saturated heterocycles. The van der Waals surface area contributed by atoms with Crippen LogP contribution >= 0.6 is 0 Å². The van der Waals surface area contributed by atoms with Gasteiger partial charge < -0.3 is 9.64 Å². The molecule has 4 rings (SSSR count). The molecule has 2 nitrogen and oxygen atoms in total. The van der Waals surface area contributed by atoms with E-state index in [1.54, 1.807) is 6.07 Å². The standard InChI is InChI=1S/C21H18FNO/c22-18-12-19(14-21(13-18)24-20-8-2-1-3-9-20)23-11-10-16-6-4-5-7-17(16)15-23/h1-9,12-14H,10-11,15H2. The van der Waals surface area contributed by atoms with Crippen molar-refractivity contribution in [2.24, 2.45) is 0 Å². The maximum absolute atomic E-state index is 14.1. The molecular weight excluding hydrogens is 301 g/mol. The first-order valence-corrected chi connectivity index (χ1v) is 8.13. The fourth-order valence-corrected chi connectivity index (χ4v) is 3.13. The van der Waals surface area contributed by atoms with Crippen LogP contribution in [0.1, 0.15) is 11.1 Å². The molecule has 0 amide bonds. The lowest BCUT2D eigenvalue weighted by Crippen LogP contribution is -2.30. The maximum atomic E-state index is 14.1. The van der Waals surface area contributed by atoms with E-state index in [1.165, 1.54) is 17.2 Å². The molecule has 0 aliphatic carbocycles. The minimum Gasteiger partial charge on any atom is -0.457 e. The third-order valence-electron chi connectivity index (χ3n) is 4.33. The van der Waals surface area contributed by atoms with Gasteiger partial charge in [0.25, 0.3) is 0 Å². The lowest BCUT2D eigenvalue weighted by molar-refractivity contribution is 0.476. The summed E-state index contributed by atoms with van der Waals surface area (Å²) in [5.74, 6) is 0.949. The lowest BCUT2D eigenvalue weighted by Gasteiger charge is -2.31. The summed E-state index contributed by atoms with van der Waals surface area (Å²) in [5.41, 5.74) is 3.54. The fraction of sp³-hybridized carbons (Fsp3) is 0.143. The van der Waals surface area contributed by atoms with Gasteiger partial charge in [-0.3, -0.25) is 0 Å². The average Bonchev–Trinajstić information content (AvgIpc) is 2.62. The number of halogens is 1. The summed E-state index contributed by atoms with van der Waals surface area (Å²) >= 11 is 0. The molecule has 0 atom stereocenters. The first kappa shape index (κ1) is 14.8. The number of fused-ring (bicyclic) bond motifs is 1. The van der Waals surface area contributed by atoms with E-state index in [4.69, 9.17) is 4.74 Å². The lowest BCUT2D eigenvalue weighted by atomic mass is 9.99. The highest BCUT2D eigenvalue weighted by molar-refractivity contribution is 5.54. The van der Waals surface area contributed by atoms with Crippen LogP contribution in [-0.2, 0) is 13.0 Å². The second-order valence-electron chi connectivity index (χ2n) is 6.00. The van der Waals surface area contributed by atoms with Crippen LogP contribution in [0.2, 0.25) is 0 Å². The van der Waals surface area contributed by atoms with Crippen molar-refractivity contribution in [3.8, 4) is 11.5 Å². The summed E-state index contributed by atoms with van der Waals surface area (Å²) in [5, 5.41) is 0. The highest BCUT2D eigenvalue weighted by Crippen LogP contribution is 2.30. The Labute approximate surface area is 141 Å². The van der Waals surface area contributed by atoms with E-state index in [9.17, 15) is 4.39 Å². The molecule has 3 heteroatoms. The monoisotopic (exact) mass is 319 g/mol. The van der Waals surface area contributed by atoms with E-state index >= 15 is 0 Å². The molecule has 1 aliphatic rings. The predicted molar refractivity (Wildman–Crippen MR) is 94.1 cm³/mol. The average molecular weight is 319 g/mol. The first-order chi connectivity index (χ1) is 11.8. The van der Waals surface area contributed by atoms with Gasteiger partial charge in [-0.25, -0.2) is 4.39 Å². The van der Waals surface area contributed by atoms with Gasteiger partial charge >= 0.3 is 0 Å². The molecule has 1 aliphatic heterocycles. The fourth-order valence-electron chi connectivity index (χ4n) is 3.13. The van der Waals surface area contributed by atoms with E-state index in [-0.39, 0.29) is 5.82 Å². The zero-order valence-electron chi connectivity index (χ0n) is 13.3. The number of hydrogen-bond acceptors (Lipinski definition) is 2. The van der Waals surface area contributed by atoms with Gasteiger partial charge in [-0.2, -0.15) is 0 Å². The Morgan fingerprint density at radius 2 is 1.54 bits per heavy atom. The van der Waals surface area contributed by atoms with Crippen LogP contribution in [-0.4, -0.2) is 6.54 Å². The van der Waals surface area contributed by atoms with Gasteiger partial charge in [0.2, 0.25) is 0 Å². The molecule has 120 valence electrons. The molecule has 0 bridgehead atoms. The Morgan fingerprint density at radius 1 is 0.792 bits per heavy atom. The van der Waals surface area contributed by atoms with Crippen molar-refractivity contribution < 1.29 is 9.13 Å². The first-order valence-electron chi connectivity index (χ1n) is 8.13. The Balaban J connectivity index is 1.60. The van der Waals surface area contributed by atoms with Gasteiger partial charge in [0, 0.05) is 30.9 Å². The number of nitrogens with zero attached hydrogens (tertiary/aromatic N) is 1. The van der Waals surface area contributed by atoms with Gasteiger partial charge in [0.05, 0.1) is 0 Å². The summed E-state index contributed by atoms with van der Waals surface area (Å²) in [6.07, 6.45) is 0.974. The number of para-hydroxylation sites is 1. The second kappa shape index (κ2) is 6.36. The number of ether oxygens (including phenoxy) is 1. The minimum absolute atomic E-state index is 0.280. The summed E-state index contributed by atoms with van der Waals surface area (Å²) in [6, 6.07) is 22.8. The van der Waals surface area contributed by atoms with Crippen molar-refractivity contribution in [2.45, 2.75) is 13.0 Å². The smallest absolute Gasteiger partial charge is 0.132 e.